The Morgan fingerprint density at radius 3 is 2.42 bits per heavy atom. The number of ether oxygens (including phenoxy) is 2. The molecule has 0 aliphatic carbocycles. The molecule has 0 saturated heterocycles. The van der Waals surface area contributed by atoms with Crippen molar-refractivity contribution in [2.75, 3.05) is 20.8 Å². The van der Waals surface area contributed by atoms with Crippen LogP contribution in [0.2, 0.25) is 0 Å². The maximum Gasteiger partial charge on any atom is 0.328 e. The third-order valence-electron chi connectivity index (χ3n) is 2.45. The molecule has 5 nitrogen and oxygen atoms in total. The highest BCUT2D eigenvalue weighted by atomic mass is 127. The van der Waals surface area contributed by atoms with Crippen LogP contribution in [0.25, 0.3) is 0 Å². The van der Waals surface area contributed by atoms with Gasteiger partial charge in [-0.15, -0.1) is 0 Å². The van der Waals surface area contributed by atoms with E-state index in [4.69, 9.17) is 9.47 Å². The first-order chi connectivity index (χ1) is 9.06. The van der Waals surface area contributed by atoms with Crippen LogP contribution in [0.15, 0.2) is 24.3 Å². The van der Waals surface area contributed by atoms with Crippen molar-refractivity contribution in [3.8, 4) is 0 Å². The first kappa shape index (κ1) is 15.9. The molecule has 1 amide bonds. The SMILES string of the molecule is COCC(=O)N[C@@H](Cc1ccc(I)cc1)C(=O)OC. The molecule has 0 unspecified atom stereocenters. The van der Waals surface area contributed by atoms with Crippen LogP contribution in [0.3, 0.4) is 0 Å². The van der Waals surface area contributed by atoms with Gasteiger partial charge in [0.15, 0.2) is 0 Å². The van der Waals surface area contributed by atoms with E-state index in [1.807, 2.05) is 24.3 Å². The molecule has 0 aromatic heterocycles. The van der Waals surface area contributed by atoms with Crippen LogP contribution in [0.1, 0.15) is 5.56 Å². The molecular formula is C13H16INO4. The van der Waals surface area contributed by atoms with Gasteiger partial charge >= 0.3 is 5.97 Å². The average molecular weight is 377 g/mol. The summed E-state index contributed by atoms with van der Waals surface area (Å²) in [7, 11) is 2.72. The van der Waals surface area contributed by atoms with Crippen LogP contribution >= 0.6 is 22.6 Å². The lowest BCUT2D eigenvalue weighted by Crippen LogP contribution is -2.44. The van der Waals surface area contributed by atoms with Crippen LogP contribution < -0.4 is 5.32 Å². The maximum absolute atomic E-state index is 11.6. The Hall–Kier alpha value is -1.15. The molecule has 104 valence electrons. The number of methoxy groups -OCH3 is 2. The van der Waals surface area contributed by atoms with E-state index in [2.05, 4.69) is 27.9 Å². The molecule has 0 spiro atoms. The molecule has 1 atom stereocenters. The zero-order valence-corrected chi connectivity index (χ0v) is 13.0. The van der Waals surface area contributed by atoms with Gasteiger partial charge < -0.3 is 14.8 Å². The van der Waals surface area contributed by atoms with E-state index in [0.29, 0.717) is 6.42 Å². The van der Waals surface area contributed by atoms with Crippen LogP contribution in [-0.2, 0) is 25.5 Å². The first-order valence-electron chi connectivity index (χ1n) is 5.67. The summed E-state index contributed by atoms with van der Waals surface area (Å²) >= 11 is 2.20. The number of hydrogen-bond donors (Lipinski definition) is 1. The van der Waals surface area contributed by atoms with Crippen molar-refractivity contribution in [2.45, 2.75) is 12.5 Å². The van der Waals surface area contributed by atoms with E-state index >= 15 is 0 Å². The number of amides is 1. The maximum atomic E-state index is 11.6. The van der Waals surface area contributed by atoms with Crippen molar-refractivity contribution < 1.29 is 19.1 Å². The van der Waals surface area contributed by atoms with Gasteiger partial charge in [0, 0.05) is 17.1 Å². The van der Waals surface area contributed by atoms with Gasteiger partial charge in [0.25, 0.3) is 0 Å². The Balaban J connectivity index is 2.71. The van der Waals surface area contributed by atoms with Gasteiger partial charge in [-0.1, -0.05) is 12.1 Å². The second kappa shape index (κ2) is 8.11. The highest BCUT2D eigenvalue weighted by molar-refractivity contribution is 14.1. The fourth-order valence-electron chi connectivity index (χ4n) is 1.56. The highest BCUT2D eigenvalue weighted by Crippen LogP contribution is 2.09. The second-order valence-electron chi connectivity index (χ2n) is 3.91. The standard InChI is InChI=1S/C13H16INO4/c1-18-8-12(16)15-11(13(17)19-2)7-9-3-5-10(14)6-4-9/h3-6,11H,7-8H2,1-2H3,(H,15,16)/t11-/m0/s1. The Kier molecular flexibility index (Phi) is 6.79. The molecule has 1 rings (SSSR count). The molecule has 6 heteroatoms. The van der Waals surface area contributed by atoms with Gasteiger partial charge in [0.05, 0.1) is 7.11 Å². The molecule has 0 radical (unpaired) electrons. The molecule has 1 aromatic carbocycles. The highest BCUT2D eigenvalue weighted by Gasteiger charge is 2.21. The summed E-state index contributed by atoms with van der Waals surface area (Å²) in [6, 6.07) is 7.02. The van der Waals surface area contributed by atoms with Gasteiger partial charge in [0.1, 0.15) is 12.6 Å². The molecular weight excluding hydrogens is 361 g/mol. The van der Waals surface area contributed by atoms with Crippen molar-refractivity contribution in [3.63, 3.8) is 0 Å². The van der Waals surface area contributed by atoms with Gasteiger partial charge in [-0.2, -0.15) is 0 Å². The fourth-order valence-corrected chi connectivity index (χ4v) is 1.92. The molecule has 0 aliphatic heterocycles. The van der Waals surface area contributed by atoms with E-state index in [1.54, 1.807) is 0 Å². The first-order valence-corrected chi connectivity index (χ1v) is 6.75. The lowest BCUT2D eigenvalue weighted by molar-refractivity contribution is -0.145. The summed E-state index contributed by atoms with van der Waals surface area (Å²) < 4.78 is 10.5. The van der Waals surface area contributed by atoms with E-state index in [-0.39, 0.29) is 12.5 Å². The zero-order chi connectivity index (χ0) is 14.3. The molecule has 0 aliphatic rings. The molecule has 0 fully saturated rings. The Morgan fingerprint density at radius 1 is 1.26 bits per heavy atom. The van der Waals surface area contributed by atoms with E-state index in [9.17, 15) is 9.59 Å². The quantitative estimate of drug-likeness (QED) is 0.597. The monoisotopic (exact) mass is 377 g/mol. The molecule has 19 heavy (non-hydrogen) atoms. The predicted molar refractivity (Wildman–Crippen MR) is 78.7 cm³/mol. The van der Waals surface area contributed by atoms with Crippen LogP contribution in [0.4, 0.5) is 0 Å². The van der Waals surface area contributed by atoms with E-state index in [1.165, 1.54) is 14.2 Å². The van der Waals surface area contributed by atoms with Crippen molar-refractivity contribution in [2.24, 2.45) is 0 Å². The fraction of sp³-hybridized carbons (Fsp3) is 0.385. The lowest BCUT2D eigenvalue weighted by Gasteiger charge is -2.16. The number of esters is 1. The average Bonchev–Trinajstić information content (AvgIpc) is 2.40. The summed E-state index contributed by atoms with van der Waals surface area (Å²) in [5.74, 6) is -0.814. The molecule has 0 heterocycles. The summed E-state index contributed by atoms with van der Waals surface area (Å²) in [4.78, 5) is 23.1. The second-order valence-corrected chi connectivity index (χ2v) is 5.15. The number of halogens is 1. The molecule has 1 aromatic rings. The minimum absolute atomic E-state index is 0.0832. The van der Waals surface area contributed by atoms with Crippen LogP contribution in [0, 0.1) is 3.57 Å². The molecule has 1 N–H and O–H groups in total. The van der Waals surface area contributed by atoms with Gasteiger partial charge in [-0.25, -0.2) is 4.79 Å². The number of carbonyl (C=O) groups is 2. The van der Waals surface area contributed by atoms with Gasteiger partial charge in [-0.05, 0) is 40.3 Å². The molecule has 0 saturated carbocycles. The smallest absolute Gasteiger partial charge is 0.328 e. The minimum atomic E-state index is -0.701. The summed E-state index contributed by atoms with van der Waals surface area (Å²) in [5.41, 5.74) is 0.952. The summed E-state index contributed by atoms with van der Waals surface area (Å²) in [6.07, 6.45) is 0.388. The largest absolute Gasteiger partial charge is 0.467 e. The number of hydrogen-bond acceptors (Lipinski definition) is 4. The predicted octanol–water partition coefficient (Wildman–Crippen LogP) is 1.14. The number of nitrogens with one attached hydrogen (secondary N) is 1. The summed E-state index contributed by atoms with van der Waals surface area (Å²) in [5, 5.41) is 2.59. The zero-order valence-electron chi connectivity index (χ0n) is 10.8. The van der Waals surface area contributed by atoms with Crippen LogP contribution in [0.5, 0.6) is 0 Å². The van der Waals surface area contributed by atoms with Gasteiger partial charge in [0.2, 0.25) is 5.91 Å². The van der Waals surface area contributed by atoms with Gasteiger partial charge in [-0.3, -0.25) is 4.79 Å². The lowest BCUT2D eigenvalue weighted by atomic mass is 10.1. The van der Waals surface area contributed by atoms with Crippen LogP contribution in [-0.4, -0.2) is 38.7 Å². The topological polar surface area (TPSA) is 64.6 Å². The van der Waals surface area contributed by atoms with E-state index in [0.717, 1.165) is 9.13 Å². The molecule has 0 bridgehead atoms. The van der Waals surface area contributed by atoms with Crippen molar-refractivity contribution in [1.82, 2.24) is 5.32 Å². The normalized spacial score (nSPS) is 11.7. The van der Waals surface area contributed by atoms with Crippen molar-refractivity contribution in [1.29, 1.82) is 0 Å². The minimum Gasteiger partial charge on any atom is -0.467 e. The van der Waals surface area contributed by atoms with Crippen molar-refractivity contribution >= 4 is 34.5 Å². The Bertz CT molecular complexity index is 433. The Morgan fingerprint density at radius 2 is 1.89 bits per heavy atom. The van der Waals surface area contributed by atoms with E-state index < -0.39 is 12.0 Å². The Labute approximate surface area is 125 Å². The third-order valence-corrected chi connectivity index (χ3v) is 3.17. The number of rotatable bonds is 6. The number of benzene rings is 1. The van der Waals surface area contributed by atoms with Crippen molar-refractivity contribution in [3.05, 3.63) is 33.4 Å². The number of carbonyl (C=O) groups excluding carboxylic acids is 2. The third kappa shape index (κ3) is 5.56. The summed E-state index contributed by atoms with van der Waals surface area (Å²) in [6.45, 7) is -0.0832.